The summed E-state index contributed by atoms with van der Waals surface area (Å²) in [5.74, 6) is 0.864. The minimum absolute atomic E-state index is 0.0137. The second-order valence-corrected chi connectivity index (χ2v) is 11.3. The Morgan fingerprint density at radius 3 is 2.68 bits per heavy atom. The van der Waals surface area contributed by atoms with Gasteiger partial charge in [0.25, 0.3) is 0 Å². The number of alkyl halides is 1. The van der Waals surface area contributed by atoms with Crippen LogP contribution in [-0.4, -0.2) is 71.9 Å². The molecule has 1 saturated carbocycles. The average molecular weight is 538 g/mol. The van der Waals surface area contributed by atoms with Gasteiger partial charge in [-0.2, -0.15) is 0 Å². The van der Waals surface area contributed by atoms with Crippen LogP contribution >= 0.6 is 11.6 Å². The van der Waals surface area contributed by atoms with Crippen LogP contribution in [0.3, 0.4) is 0 Å². The molecule has 6 rings (SSSR count). The van der Waals surface area contributed by atoms with Crippen LogP contribution in [0.25, 0.3) is 10.8 Å². The first kappa shape index (κ1) is 25.5. The molecule has 1 aliphatic carbocycles. The molecule has 3 aromatic rings. The van der Waals surface area contributed by atoms with Crippen LogP contribution in [0.5, 0.6) is 0 Å². The molecule has 1 N–H and O–H groups in total. The lowest BCUT2D eigenvalue weighted by molar-refractivity contribution is -0.117. The number of rotatable bonds is 6. The molecule has 3 fully saturated rings. The molecule has 200 valence electrons. The van der Waals surface area contributed by atoms with Gasteiger partial charge in [-0.1, -0.05) is 31.0 Å². The van der Waals surface area contributed by atoms with Crippen molar-refractivity contribution in [1.82, 2.24) is 14.9 Å². The van der Waals surface area contributed by atoms with Gasteiger partial charge >= 0.3 is 0 Å². The van der Waals surface area contributed by atoms with E-state index < -0.39 is 11.7 Å². The molecule has 38 heavy (non-hydrogen) atoms. The Labute approximate surface area is 227 Å². The Morgan fingerprint density at radius 2 is 2.00 bits per heavy atom. The van der Waals surface area contributed by atoms with Gasteiger partial charge in [0.15, 0.2) is 0 Å². The molecule has 0 radical (unpaired) electrons. The fourth-order valence-electron chi connectivity index (χ4n) is 6.28. The van der Waals surface area contributed by atoms with Crippen molar-refractivity contribution in [3.05, 3.63) is 59.5 Å². The van der Waals surface area contributed by atoms with E-state index >= 15 is 0 Å². The molecule has 4 heterocycles. The number of carbonyl (C=O) groups is 1. The minimum Gasteiger partial charge on any atom is -0.376 e. The first-order valence-corrected chi connectivity index (χ1v) is 13.8. The summed E-state index contributed by atoms with van der Waals surface area (Å²) in [5.41, 5.74) is 1.35. The second-order valence-electron chi connectivity index (χ2n) is 10.9. The molecule has 1 amide bonds. The largest absolute Gasteiger partial charge is 0.376 e. The SMILES string of the molecule is CC[C@H]1[C@@H](C(=O)Nc2cc3cc(N4CCN([C@@]5(C)COC[C@@H]5F)CC4)c(Cl)cc3cn2)[C@@H]1c1ccccn1. The number of pyridine rings is 2. The Morgan fingerprint density at radius 1 is 1.18 bits per heavy atom. The van der Waals surface area contributed by atoms with E-state index in [0.717, 1.165) is 54.8 Å². The molecule has 2 aliphatic heterocycles. The van der Waals surface area contributed by atoms with E-state index in [1.165, 1.54) is 0 Å². The van der Waals surface area contributed by atoms with Gasteiger partial charge in [0.1, 0.15) is 12.0 Å². The van der Waals surface area contributed by atoms with Gasteiger partial charge in [0.2, 0.25) is 5.91 Å². The van der Waals surface area contributed by atoms with Crippen LogP contribution in [-0.2, 0) is 9.53 Å². The van der Waals surface area contributed by atoms with Crippen LogP contribution in [0.4, 0.5) is 15.9 Å². The number of hydrogen-bond acceptors (Lipinski definition) is 6. The average Bonchev–Trinajstić information content (AvgIpc) is 3.58. The third kappa shape index (κ3) is 4.52. The maximum Gasteiger partial charge on any atom is 0.229 e. The van der Waals surface area contributed by atoms with E-state index in [1.807, 2.05) is 37.3 Å². The number of amides is 1. The van der Waals surface area contributed by atoms with Crippen LogP contribution in [0.2, 0.25) is 5.02 Å². The normalized spacial score (nSPS) is 29.5. The van der Waals surface area contributed by atoms with Crippen LogP contribution in [0, 0.1) is 11.8 Å². The van der Waals surface area contributed by atoms with Gasteiger partial charge in [-0.15, -0.1) is 0 Å². The highest BCUT2D eigenvalue weighted by Gasteiger charge is 2.55. The highest BCUT2D eigenvalue weighted by atomic mass is 35.5. The molecule has 7 nitrogen and oxygen atoms in total. The number of fused-ring (bicyclic) bond motifs is 1. The number of aromatic nitrogens is 2. The Bertz CT molecular complexity index is 1340. The number of ether oxygens (including phenoxy) is 1. The van der Waals surface area contributed by atoms with Crippen molar-refractivity contribution in [1.29, 1.82) is 0 Å². The highest BCUT2D eigenvalue weighted by molar-refractivity contribution is 6.34. The minimum atomic E-state index is -0.970. The van der Waals surface area contributed by atoms with E-state index in [4.69, 9.17) is 16.3 Å². The molecule has 0 unspecified atom stereocenters. The number of carbonyl (C=O) groups excluding carboxylic acids is 1. The monoisotopic (exact) mass is 537 g/mol. The van der Waals surface area contributed by atoms with Crippen molar-refractivity contribution in [3.8, 4) is 0 Å². The first-order valence-electron chi connectivity index (χ1n) is 13.4. The quantitative estimate of drug-likeness (QED) is 0.482. The van der Waals surface area contributed by atoms with Gasteiger partial charge in [0, 0.05) is 55.6 Å². The van der Waals surface area contributed by atoms with Crippen molar-refractivity contribution in [2.75, 3.05) is 49.6 Å². The molecule has 2 saturated heterocycles. The molecule has 0 spiro atoms. The van der Waals surface area contributed by atoms with Gasteiger partial charge in [-0.3, -0.25) is 14.7 Å². The van der Waals surface area contributed by atoms with E-state index in [0.29, 0.717) is 23.4 Å². The summed E-state index contributed by atoms with van der Waals surface area (Å²) in [6, 6.07) is 11.8. The molecule has 5 atom stereocenters. The number of anilines is 2. The lowest BCUT2D eigenvalue weighted by Crippen LogP contribution is -2.59. The molecule has 2 aromatic heterocycles. The van der Waals surface area contributed by atoms with E-state index in [-0.39, 0.29) is 24.3 Å². The number of nitrogens with one attached hydrogen (secondary N) is 1. The van der Waals surface area contributed by atoms with Gasteiger partial charge in [-0.05, 0) is 48.6 Å². The van der Waals surface area contributed by atoms with Crippen molar-refractivity contribution < 1.29 is 13.9 Å². The van der Waals surface area contributed by atoms with Gasteiger partial charge in [0.05, 0.1) is 35.4 Å². The summed E-state index contributed by atoms with van der Waals surface area (Å²) in [7, 11) is 0. The fourth-order valence-corrected chi connectivity index (χ4v) is 6.57. The first-order chi connectivity index (χ1) is 18.4. The number of halogens is 2. The molecular weight excluding hydrogens is 505 g/mol. The zero-order chi connectivity index (χ0) is 26.4. The molecular formula is C29H33ClFN5O2. The number of nitrogens with zero attached hydrogens (tertiary/aromatic N) is 4. The topological polar surface area (TPSA) is 70.6 Å². The van der Waals surface area contributed by atoms with Crippen molar-refractivity contribution in [3.63, 3.8) is 0 Å². The Kier molecular flexibility index (Phi) is 6.74. The van der Waals surface area contributed by atoms with Crippen molar-refractivity contribution in [2.24, 2.45) is 11.8 Å². The van der Waals surface area contributed by atoms with E-state index in [2.05, 4.69) is 38.1 Å². The number of benzene rings is 1. The van der Waals surface area contributed by atoms with Gasteiger partial charge in [-0.25, -0.2) is 9.37 Å². The van der Waals surface area contributed by atoms with Crippen molar-refractivity contribution >= 4 is 39.8 Å². The maximum absolute atomic E-state index is 14.5. The van der Waals surface area contributed by atoms with Crippen LogP contribution in [0.1, 0.15) is 31.9 Å². The molecule has 0 bridgehead atoms. The summed E-state index contributed by atoms with van der Waals surface area (Å²) in [4.78, 5) is 26.6. The van der Waals surface area contributed by atoms with E-state index in [1.54, 1.807) is 12.4 Å². The smallest absolute Gasteiger partial charge is 0.229 e. The fraction of sp³-hybridized carbons (Fsp3) is 0.483. The lowest BCUT2D eigenvalue weighted by Gasteiger charge is -2.44. The van der Waals surface area contributed by atoms with E-state index in [9.17, 15) is 9.18 Å². The van der Waals surface area contributed by atoms with Crippen molar-refractivity contribution in [2.45, 2.75) is 37.9 Å². The second kappa shape index (κ2) is 10.1. The third-order valence-corrected chi connectivity index (χ3v) is 8.99. The standard InChI is InChI=1S/C29H33ClFN5O2/c1-3-20-26(22-6-4-5-7-32-22)27(20)28(37)34-25-14-18-13-23(21(30)12-19(18)15-33-25)35-8-10-36(11-9-35)29(2)17-38-16-24(29)31/h4-7,12-15,20,24,26-27H,3,8-11,16-17H2,1-2H3,(H,33,34,37)/t20-,24+,26+,27-,29+/m1/s1. The number of hydrogen-bond donors (Lipinski definition) is 1. The molecule has 9 heteroatoms. The molecule has 1 aromatic carbocycles. The summed E-state index contributed by atoms with van der Waals surface area (Å²) >= 11 is 6.69. The summed E-state index contributed by atoms with van der Waals surface area (Å²) in [5, 5.41) is 5.57. The maximum atomic E-state index is 14.5. The lowest BCUT2D eigenvalue weighted by atomic mass is 9.96. The predicted octanol–water partition coefficient (Wildman–Crippen LogP) is 4.91. The van der Waals surface area contributed by atoms with Gasteiger partial charge < -0.3 is 15.0 Å². The highest BCUT2D eigenvalue weighted by Crippen LogP contribution is 2.55. The summed E-state index contributed by atoms with van der Waals surface area (Å²) < 4.78 is 19.9. The summed E-state index contributed by atoms with van der Waals surface area (Å²) in [6.45, 7) is 7.64. The Balaban J connectivity index is 1.16. The molecule has 3 aliphatic rings. The Hall–Kier alpha value is -2.81. The van der Waals surface area contributed by atoms with Crippen LogP contribution in [0.15, 0.2) is 48.8 Å². The summed E-state index contributed by atoms with van der Waals surface area (Å²) in [6.07, 6.45) is 3.49. The zero-order valence-electron chi connectivity index (χ0n) is 21.7. The third-order valence-electron chi connectivity index (χ3n) is 8.69. The zero-order valence-corrected chi connectivity index (χ0v) is 22.5. The predicted molar refractivity (Wildman–Crippen MR) is 148 cm³/mol. The van der Waals surface area contributed by atoms with Crippen LogP contribution < -0.4 is 10.2 Å². The number of piperazine rings is 1.